The van der Waals surface area contributed by atoms with Crippen LogP contribution in [0.5, 0.6) is 11.6 Å². The van der Waals surface area contributed by atoms with Crippen molar-refractivity contribution in [1.29, 1.82) is 0 Å². The van der Waals surface area contributed by atoms with Crippen molar-refractivity contribution in [3.05, 3.63) is 40.3 Å². The second-order valence-corrected chi connectivity index (χ2v) is 4.45. The molecule has 6 nitrogen and oxygen atoms in total. The lowest BCUT2D eigenvalue weighted by molar-refractivity contribution is 0.0592. The number of aromatic nitrogens is 2. The average molecular weight is 314 g/mol. The smallest absolute Gasteiger partial charge is 0.358 e. The maximum absolute atomic E-state index is 11.3. The first kappa shape index (κ1) is 14.4. The number of anilines is 1. The molecule has 0 saturated carbocycles. The number of nitrogens with zero attached hydrogens (tertiary/aromatic N) is 2. The molecule has 0 aliphatic heterocycles. The lowest BCUT2D eigenvalue weighted by atomic mass is 10.3. The number of esters is 1. The van der Waals surface area contributed by atoms with Gasteiger partial charge in [-0.05, 0) is 6.07 Å². The van der Waals surface area contributed by atoms with Crippen LogP contribution < -0.4 is 10.5 Å². The van der Waals surface area contributed by atoms with Gasteiger partial charge in [0.05, 0.1) is 35.2 Å². The molecular formula is C12H9Cl2N3O3. The van der Waals surface area contributed by atoms with Crippen LogP contribution in [0, 0.1) is 0 Å². The fraction of sp³-hybridized carbons (Fsp3) is 0.0833. The Morgan fingerprint density at radius 3 is 2.65 bits per heavy atom. The summed E-state index contributed by atoms with van der Waals surface area (Å²) in [5.74, 6) is -0.279. The summed E-state index contributed by atoms with van der Waals surface area (Å²) >= 11 is 11.7. The Morgan fingerprint density at radius 1 is 1.25 bits per heavy atom. The number of rotatable bonds is 3. The molecule has 0 fully saturated rings. The molecule has 0 aliphatic rings. The Morgan fingerprint density at radius 2 is 1.95 bits per heavy atom. The molecule has 104 valence electrons. The molecule has 0 unspecified atom stereocenters. The number of ether oxygens (including phenoxy) is 2. The van der Waals surface area contributed by atoms with Crippen LogP contribution in [-0.4, -0.2) is 23.0 Å². The Labute approximate surface area is 124 Å². The van der Waals surface area contributed by atoms with E-state index in [4.69, 9.17) is 33.7 Å². The first-order valence-corrected chi connectivity index (χ1v) is 6.09. The average Bonchev–Trinajstić information content (AvgIpc) is 2.44. The van der Waals surface area contributed by atoms with Gasteiger partial charge in [-0.3, -0.25) is 4.98 Å². The maximum Gasteiger partial charge on any atom is 0.358 e. The molecule has 8 heteroatoms. The summed E-state index contributed by atoms with van der Waals surface area (Å²) in [6, 6.07) is 2.91. The topological polar surface area (TPSA) is 87.3 Å². The quantitative estimate of drug-likeness (QED) is 0.692. The van der Waals surface area contributed by atoms with Crippen LogP contribution >= 0.6 is 23.2 Å². The minimum atomic E-state index is -0.620. The summed E-state index contributed by atoms with van der Waals surface area (Å²) in [7, 11) is 1.24. The third kappa shape index (κ3) is 3.09. The van der Waals surface area contributed by atoms with Gasteiger partial charge < -0.3 is 15.2 Å². The fourth-order valence-electron chi connectivity index (χ4n) is 1.35. The zero-order valence-corrected chi connectivity index (χ0v) is 11.8. The number of hydrogen-bond acceptors (Lipinski definition) is 6. The van der Waals surface area contributed by atoms with Crippen LogP contribution in [0.3, 0.4) is 0 Å². The van der Waals surface area contributed by atoms with Crippen molar-refractivity contribution in [2.45, 2.75) is 0 Å². The highest BCUT2D eigenvalue weighted by Gasteiger charge is 2.12. The highest BCUT2D eigenvalue weighted by molar-refractivity contribution is 6.42. The van der Waals surface area contributed by atoms with Crippen molar-refractivity contribution in [2.75, 3.05) is 12.8 Å². The molecule has 0 amide bonds. The minimum absolute atomic E-state index is 0.0173. The fourth-order valence-corrected chi connectivity index (χ4v) is 1.67. The highest BCUT2D eigenvalue weighted by Crippen LogP contribution is 2.34. The molecular weight excluding hydrogens is 305 g/mol. The van der Waals surface area contributed by atoms with Gasteiger partial charge in [0.15, 0.2) is 11.4 Å². The minimum Gasteiger partial charge on any atom is -0.464 e. The summed E-state index contributed by atoms with van der Waals surface area (Å²) in [5.41, 5.74) is 6.05. The molecule has 0 saturated heterocycles. The van der Waals surface area contributed by atoms with Crippen LogP contribution in [0.15, 0.2) is 24.5 Å². The number of nitrogens with two attached hydrogens (primary N) is 1. The highest BCUT2D eigenvalue weighted by atomic mass is 35.5. The number of carbonyl (C=O) groups excluding carboxylic acids is 1. The van der Waals surface area contributed by atoms with E-state index < -0.39 is 5.97 Å². The van der Waals surface area contributed by atoms with Crippen LogP contribution in [-0.2, 0) is 4.74 Å². The number of halogens is 2. The van der Waals surface area contributed by atoms with E-state index in [0.717, 1.165) is 0 Å². The van der Waals surface area contributed by atoms with Gasteiger partial charge >= 0.3 is 5.97 Å². The largest absolute Gasteiger partial charge is 0.464 e. The third-order valence-electron chi connectivity index (χ3n) is 2.27. The molecule has 1 heterocycles. The molecule has 2 rings (SSSR count). The monoisotopic (exact) mass is 313 g/mol. The van der Waals surface area contributed by atoms with Crippen molar-refractivity contribution in [3.63, 3.8) is 0 Å². The van der Waals surface area contributed by atoms with Gasteiger partial charge in [0.1, 0.15) is 0 Å². The lowest BCUT2D eigenvalue weighted by Crippen LogP contribution is -2.05. The van der Waals surface area contributed by atoms with E-state index in [-0.39, 0.29) is 28.0 Å². The maximum atomic E-state index is 11.3. The number of methoxy groups -OCH3 is 1. The van der Waals surface area contributed by atoms with E-state index in [0.29, 0.717) is 5.02 Å². The Kier molecular flexibility index (Phi) is 4.26. The third-order valence-corrected chi connectivity index (χ3v) is 3.00. The summed E-state index contributed by atoms with van der Waals surface area (Å²) < 4.78 is 9.97. The van der Waals surface area contributed by atoms with Crippen molar-refractivity contribution < 1.29 is 14.3 Å². The molecule has 1 aromatic heterocycles. The molecule has 0 radical (unpaired) electrons. The normalized spacial score (nSPS) is 10.2. The second kappa shape index (κ2) is 5.94. The van der Waals surface area contributed by atoms with Crippen LogP contribution in [0.4, 0.5) is 5.69 Å². The van der Waals surface area contributed by atoms with Crippen molar-refractivity contribution in [2.24, 2.45) is 0 Å². The summed E-state index contributed by atoms with van der Waals surface area (Å²) in [6.07, 6.45) is 2.59. The van der Waals surface area contributed by atoms with Crippen molar-refractivity contribution in [3.8, 4) is 11.6 Å². The van der Waals surface area contributed by atoms with E-state index in [2.05, 4.69) is 14.7 Å². The number of benzene rings is 1. The summed E-state index contributed by atoms with van der Waals surface area (Å²) in [4.78, 5) is 19.1. The zero-order chi connectivity index (χ0) is 14.7. The van der Waals surface area contributed by atoms with E-state index in [1.807, 2.05) is 0 Å². The van der Waals surface area contributed by atoms with Crippen LogP contribution in [0.2, 0.25) is 10.0 Å². The number of nitrogen functional groups attached to an aromatic ring is 1. The molecule has 0 aliphatic carbocycles. The SMILES string of the molecule is COC(=O)c1cncc(Oc2cc(Cl)c(Cl)cc2N)n1. The zero-order valence-electron chi connectivity index (χ0n) is 10.3. The molecule has 2 N–H and O–H groups in total. The second-order valence-electron chi connectivity index (χ2n) is 3.64. The van der Waals surface area contributed by atoms with Gasteiger partial charge in [0, 0.05) is 6.07 Å². The van der Waals surface area contributed by atoms with Gasteiger partial charge in [-0.25, -0.2) is 9.78 Å². The van der Waals surface area contributed by atoms with Gasteiger partial charge in [-0.1, -0.05) is 23.2 Å². The van der Waals surface area contributed by atoms with Crippen molar-refractivity contribution in [1.82, 2.24) is 9.97 Å². The van der Waals surface area contributed by atoms with Crippen LogP contribution in [0.25, 0.3) is 0 Å². The van der Waals surface area contributed by atoms with Gasteiger partial charge in [0.25, 0.3) is 0 Å². The molecule has 0 atom stereocenters. The molecule has 0 bridgehead atoms. The molecule has 20 heavy (non-hydrogen) atoms. The Balaban J connectivity index is 2.31. The predicted octanol–water partition coefficient (Wildman–Crippen LogP) is 2.94. The number of hydrogen-bond donors (Lipinski definition) is 1. The first-order chi connectivity index (χ1) is 9.51. The lowest BCUT2D eigenvalue weighted by Gasteiger charge is -2.09. The molecule has 2 aromatic rings. The van der Waals surface area contributed by atoms with Gasteiger partial charge in [-0.2, -0.15) is 0 Å². The Hall–Kier alpha value is -2.05. The number of carbonyl (C=O) groups is 1. The van der Waals surface area contributed by atoms with E-state index in [1.165, 1.54) is 31.6 Å². The van der Waals surface area contributed by atoms with Crippen molar-refractivity contribution >= 4 is 34.9 Å². The van der Waals surface area contributed by atoms with E-state index in [9.17, 15) is 4.79 Å². The van der Waals surface area contributed by atoms with Crippen LogP contribution in [0.1, 0.15) is 10.5 Å². The Bertz CT molecular complexity index is 664. The molecule has 0 spiro atoms. The summed E-state index contributed by atoms with van der Waals surface area (Å²) in [5, 5.41) is 0.596. The first-order valence-electron chi connectivity index (χ1n) is 5.34. The van der Waals surface area contributed by atoms with Gasteiger partial charge in [0.2, 0.25) is 5.88 Å². The predicted molar refractivity (Wildman–Crippen MR) is 74.3 cm³/mol. The van der Waals surface area contributed by atoms with E-state index in [1.54, 1.807) is 0 Å². The van der Waals surface area contributed by atoms with E-state index >= 15 is 0 Å². The van der Waals surface area contributed by atoms with Gasteiger partial charge in [-0.15, -0.1) is 0 Å². The standard InChI is InChI=1S/C12H9Cl2N3O3/c1-19-12(18)9-4-16-5-11(17-9)20-10-3-7(14)6(13)2-8(10)15/h2-5H,15H2,1H3. The summed E-state index contributed by atoms with van der Waals surface area (Å²) in [6.45, 7) is 0. The molecule has 1 aromatic carbocycles.